The number of Topliss-reactive ketones (excluding diaryl/α,β-unsaturated/α-hetero) is 1. The van der Waals surface area contributed by atoms with Gasteiger partial charge in [-0.1, -0.05) is 6.92 Å². The molecule has 0 bridgehead atoms. The summed E-state index contributed by atoms with van der Waals surface area (Å²) in [5.41, 5.74) is 2.50. The van der Waals surface area contributed by atoms with E-state index in [9.17, 15) is 4.79 Å². The van der Waals surface area contributed by atoms with E-state index >= 15 is 0 Å². The van der Waals surface area contributed by atoms with E-state index in [1.807, 2.05) is 24.7 Å². The topological polar surface area (TPSA) is 52.7 Å². The number of aryl methyl sites for hydroxylation is 3. The van der Waals surface area contributed by atoms with Gasteiger partial charge in [-0.3, -0.25) is 14.2 Å². The third kappa shape index (κ3) is 2.50. The van der Waals surface area contributed by atoms with Crippen LogP contribution in [-0.2, 0) is 26.4 Å². The maximum Gasteiger partial charge on any atom is 0.188 e. The molecule has 0 aliphatic carbocycles. The Bertz CT molecular complexity index is 553. The number of nitrogens with zero attached hydrogens (tertiary/aromatic N) is 4. The Labute approximate surface area is 106 Å². The van der Waals surface area contributed by atoms with Gasteiger partial charge in [-0.05, 0) is 25.5 Å². The zero-order chi connectivity index (χ0) is 13.1. The molecule has 0 aliphatic heterocycles. The molecule has 0 amide bonds. The van der Waals surface area contributed by atoms with Crippen LogP contribution in [0.4, 0.5) is 0 Å². The second-order valence-electron chi connectivity index (χ2n) is 4.27. The van der Waals surface area contributed by atoms with E-state index in [1.54, 1.807) is 16.9 Å². The van der Waals surface area contributed by atoms with Crippen molar-refractivity contribution in [3.8, 4) is 0 Å². The van der Waals surface area contributed by atoms with E-state index in [2.05, 4.69) is 17.1 Å². The van der Waals surface area contributed by atoms with Gasteiger partial charge >= 0.3 is 0 Å². The normalized spacial score (nSPS) is 10.8. The SMILES string of the molecule is CCc1cc(CC(=O)c2ccn(C)n2)n(CC)n1. The van der Waals surface area contributed by atoms with Gasteiger partial charge in [0.15, 0.2) is 5.78 Å². The lowest BCUT2D eigenvalue weighted by Gasteiger charge is -2.02. The molecule has 2 heterocycles. The molecule has 0 saturated carbocycles. The van der Waals surface area contributed by atoms with Crippen molar-refractivity contribution < 1.29 is 4.79 Å². The fourth-order valence-electron chi connectivity index (χ4n) is 1.92. The third-order valence-corrected chi connectivity index (χ3v) is 2.92. The zero-order valence-corrected chi connectivity index (χ0v) is 11.1. The Balaban J connectivity index is 2.18. The molecule has 0 spiro atoms. The number of hydrogen-bond acceptors (Lipinski definition) is 3. The predicted octanol–water partition coefficient (Wildman–Crippen LogP) is 1.62. The molecule has 5 nitrogen and oxygen atoms in total. The van der Waals surface area contributed by atoms with Crippen LogP contribution in [0.2, 0.25) is 0 Å². The first-order valence-corrected chi connectivity index (χ1v) is 6.22. The van der Waals surface area contributed by atoms with Crippen LogP contribution < -0.4 is 0 Å². The molecule has 0 fully saturated rings. The third-order valence-electron chi connectivity index (χ3n) is 2.92. The lowest BCUT2D eigenvalue weighted by molar-refractivity contribution is 0.0985. The highest BCUT2D eigenvalue weighted by molar-refractivity contribution is 5.95. The lowest BCUT2D eigenvalue weighted by atomic mass is 10.1. The van der Waals surface area contributed by atoms with Gasteiger partial charge in [-0.15, -0.1) is 0 Å². The maximum atomic E-state index is 12.1. The summed E-state index contributed by atoms with van der Waals surface area (Å²) in [4.78, 5) is 12.1. The number of rotatable bonds is 5. The largest absolute Gasteiger partial charge is 0.292 e. The summed E-state index contributed by atoms with van der Waals surface area (Å²) in [5.74, 6) is 0.0350. The first-order valence-electron chi connectivity index (χ1n) is 6.22. The average Bonchev–Trinajstić information content (AvgIpc) is 2.95. The van der Waals surface area contributed by atoms with Gasteiger partial charge in [0.2, 0.25) is 0 Å². The van der Waals surface area contributed by atoms with Gasteiger partial charge in [-0.2, -0.15) is 10.2 Å². The summed E-state index contributed by atoms with van der Waals surface area (Å²) in [6.45, 7) is 4.87. The minimum atomic E-state index is 0.0350. The number of ketones is 1. The molecule has 18 heavy (non-hydrogen) atoms. The maximum absolute atomic E-state index is 12.1. The highest BCUT2D eigenvalue weighted by Crippen LogP contribution is 2.09. The van der Waals surface area contributed by atoms with E-state index in [-0.39, 0.29) is 5.78 Å². The van der Waals surface area contributed by atoms with Gasteiger partial charge < -0.3 is 0 Å². The second kappa shape index (κ2) is 5.16. The molecule has 2 aromatic heterocycles. The molecule has 0 aromatic carbocycles. The summed E-state index contributed by atoms with van der Waals surface area (Å²) < 4.78 is 3.53. The van der Waals surface area contributed by atoms with Gasteiger partial charge in [0.05, 0.1) is 12.1 Å². The van der Waals surface area contributed by atoms with Gasteiger partial charge in [0.25, 0.3) is 0 Å². The van der Waals surface area contributed by atoms with Crippen molar-refractivity contribution in [1.29, 1.82) is 0 Å². The fraction of sp³-hybridized carbons (Fsp3) is 0.462. The van der Waals surface area contributed by atoms with Crippen molar-refractivity contribution in [3.63, 3.8) is 0 Å². The predicted molar refractivity (Wildman–Crippen MR) is 68.5 cm³/mol. The van der Waals surface area contributed by atoms with Crippen molar-refractivity contribution in [3.05, 3.63) is 35.4 Å². The molecule has 0 aliphatic rings. The highest BCUT2D eigenvalue weighted by atomic mass is 16.1. The number of hydrogen-bond donors (Lipinski definition) is 0. The van der Waals surface area contributed by atoms with Crippen LogP contribution in [-0.4, -0.2) is 25.3 Å². The van der Waals surface area contributed by atoms with Gasteiger partial charge in [0.1, 0.15) is 5.69 Å². The first-order chi connectivity index (χ1) is 8.63. The molecule has 0 unspecified atom stereocenters. The Morgan fingerprint density at radius 3 is 2.67 bits per heavy atom. The monoisotopic (exact) mass is 246 g/mol. The van der Waals surface area contributed by atoms with Crippen molar-refractivity contribution >= 4 is 5.78 Å². The van der Waals surface area contributed by atoms with Crippen molar-refractivity contribution in [1.82, 2.24) is 19.6 Å². The quantitative estimate of drug-likeness (QED) is 0.753. The van der Waals surface area contributed by atoms with E-state index in [1.165, 1.54) is 0 Å². The van der Waals surface area contributed by atoms with Gasteiger partial charge in [-0.25, -0.2) is 0 Å². The minimum Gasteiger partial charge on any atom is -0.292 e. The average molecular weight is 246 g/mol. The summed E-state index contributed by atoms with van der Waals surface area (Å²) in [6.07, 6.45) is 3.03. The Hall–Kier alpha value is -1.91. The molecular weight excluding hydrogens is 228 g/mol. The lowest BCUT2D eigenvalue weighted by Crippen LogP contribution is -2.10. The molecular formula is C13H18N4O. The van der Waals surface area contributed by atoms with Crippen LogP contribution in [0.15, 0.2) is 18.3 Å². The highest BCUT2D eigenvalue weighted by Gasteiger charge is 2.14. The van der Waals surface area contributed by atoms with Crippen LogP contribution >= 0.6 is 0 Å². The van der Waals surface area contributed by atoms with Crippen molar-refractivity contribution in [2.75, 3.05) is 0 Å². The first kappa shape index (κ1) is 12.5. The molecule has 2 rings (SSSR count). The summed E-state index contributed by atoms with van der Waals surface area (Å²) >= 11 is 0. The number of carbonyl (C=O) groups is 1. The number of carbonyl (C=O) groups excluding carboxylic acids is 1. The smallest absolute Gasteiger partial charge is 0.188 e. The summed E-state index contributed by atoms with van der Waals surface area (Å²) in [7, 11) is 1.81. The van der Waals surface area contributed by atoms with Crippen LogP contribution in [0.3, 0.4) is 0 Å². The van der Waals surface area contributed by atoms with Crippen molar-refractivity contribution in [2.24, 2.45) is 7.05 Å². The van der Waals surface area contributed by atoms with Gasteiger partial charge in [0, 0.05) is 25.5 Å². The van der Waals surface area contributed by atoms with Crippen LogP contribution in [0.1, 0.15) is 35.7 Å². The van der Waals surface area contributed by atoms with Crippen molar-refractivity contribution in [2.45, 2.75) is 33.2 Å². The van der Waals surface area contributed by atoms with E-state index in [4.69, 9.17) is 0 Å². The molecule has 2 aromatic rings. The summed E-state index contributed by atoms with van der Waals surface area (Å²) in [5, 5.41) is 8.56. The number of aromatic nitrogens is 4. The Morgan fingerprint density at radius 2 is 2.11 bits per heavy atom. The second-order valence-corrected chi connectivity index (χ2v) is 4.27. The van der Waals surface area contributed by atoms with E-state index < -0.39 is 0 Å². The minimum absolute atomic E-state index is 0.0350. The van der Waals surface area contributed by atoms with E-state index in [0.717, 1.165) is 24.4 Å². The van der Waals surface area contributed by atoms with Crippen LogP contribution in [0, 0.1) is 0 Å². The molecule has 0 saturated heterocycles. The molecule has 0 radical (unpaired) electrons. The van der Waals surface area contributed by atoms with E-state index in [0.29, 0.717) is 12.1 Å². The molecule has 96 valence electrons. The Kier molecular flexibility index (Phi) is 3.60. The molecule has 0 N–H and O–H groups in total. The fourth-order valence-corrected chi connectivity index (χ4v) is 1.92. The standard InChI is InChI=1S/C13H18N4O/c1-4-10-8-11(17(5-2)14-10)9-13(18)12-6-7-16(3)15-12/h6-8H,4-5,9H2,1-3H3. The molecule has 5 heteroatoms. The zero-order valence-electron chi connectivity index (χ0n) is 11.1. The van der Waals surface area contributed by atoms with Crippen LogP contribution in [0.5, 0.6) is 0 Å². The molecule has 0 atom stereocenters. The summed E-state index contributed by atoms with van der Waals surface area (Å²) in [6, 6.07) is 3.75. The van der Waals surface area contributed by atoms with Crippen LogP contribution in [0.25, 0.3) is 0 Å². The Morgan fingerprint density at radius 1 is 1.33 bits per heavy atom.